The molecular formula is C9H4BN. The van der Waals surface area contributed by atoms with Crippen LogP contribution in [0.1, 0.15) is 11.1 Å². The van der Waals surface area contributed by atoms with Crippen LogP contribution in [-0.2, 0) is 0 Å². The zero-order valence-corrected chi connectivity index (χ0v) is 5.83. The molecule has 2 heteroatoms. The Bertz CT molecular complexity index is 335. The summed E-state index contributed by atoms with van der Waals surface area (Å²) in [5.41, 5.74) is 1.46. The van der Waals surface area contributed by atoms with E-state index in [2.05, 4.69) is 11.7 Å². The highest BCUT2D eigenvalue weighted by Crippen LogP contribution is 2.00. The first-order chi connectivity index (χ1) is 5.36. The Balaban J connectivity index is 3.00. The van der Waals surface area contributed by atoms with Gasteiger partial charge in [-0.05, 0) is 24.3 Å². The smallest absolute Gasteiger partial charge is 0.188 e. The third-order valence-corrected chi connectivity index (χ3v) is 1.23. The molecule has 0 spiro atoms. The van der Waals surface area contributed by atoms with Crippen LogP contribution in [0.25, 0.3) is 0 Å². The number of nitrogens with zero attached hydrogens (tertiary/aromatic N) is 1. The molecule has 0 fully saturated rings. The number of hydrogen-bond acceptors (Lipinski definition) is 1. The van der Waals surface area contributed by atoms with Gasteiger partial charge in [-0.15, -0.1) is 0 Å². The average Bonchev–Trinajstić information content (AvgIpc) is 2.07. The molecule has 0 aliphatic heterocycles. The molecule has 0 aliphatic rings. The van der Waals surface area contributed by atoms with Gasteiger partial charge in [0, 0.05) is 5.56 Å². The Morgan fingerprint density at radius 2 is 1.64 bits per heavy atom. The van der Waals surface area contributed by atoms with Crippen molar-refractivity contribution >= 4 is 7.85 Å². The molecule has 0 atom stereocenters. The summed E-state index contributed by atoms with van der Waals surface area (Å²) < 4.78 is 0. The van der Waals surface area contributed by atoms with Crippen LogP contribution in [-0.4, -0.2) is 7.85 Å². The number of benzene rings is 1. The van der Waals surface area contributed by atoms with E-state index in [4.69, 9.17) is 13.1 Å². The summed E-state index contributed by atoms with van der Waals surface area (Å²) in [6.45, 7) is 0. The Kier molecular flexibility index (Phi) is 2.36. The summed E-state index contributed by atoms with van der Waals surface area (Å²) in [5.74, 6) is 4.97. The van der Waals surface area contributed by atoms with Gasteiger partial charge >= 0.3 is 0 Å². The zero-order chi connectivity index (χ0) is 8.10. The Morgan fingerprint density at radius 1 is 1.09 bits per heavy atom. The number of rotatable bonds is 0. The van der Waals surface area contributed by atoms with E-state index < -0.39 is 0 Å². The van der Waals surface area contributed by atoms with E-state index in [1.54, 1.807) is 24.3 Å². The Labute approximate surface area is 67.1 Å². The van der Waals surface area contributed by atoms with Gasteiger partial charge in [-0.2, -0.15) is 11.1 Å². The van der Waals surface area contributed by atoms with Crippen molar-refractivity contribution in [1.29, 1.82) is 5.26 Å². The van der Waals surface area contributed by atoms with Gasteiger partial charge in [-0.1, -0.05) is 5.92 Å². The van der Waals surface area contributed by atoms with Crippen molar-refractivity contribution in [3.63, 3.8) is 0 Å². The third-order valence-electron chi connectivity index (χ3n) is 1.23. The van der Waals surface area contributed by atoms with Gasteiger partial charge in [0.2, 0.25) is 0 Å². The minimum Gasteiger partial charge on any atom is -0.192 e. The molecule has 0 N–H and O–H groups in total. The molecule has 0 amide bonds. The quantitative estimate of drug-likeness (QED) is 0.387. The lowest BCUT2D eigenvalue weighted by molar-refractivity contribution is 1.48. The summed E-state index contributed by atoms with van der Waals surface area (Å²) in [6, 6.07) is 8.96. The van der Waals surface area contributed by atoms with Crippen molar-refractivity contribution in [2.75, 3.05) is 0 Å². The lowest BCUT2D eigenvalue weighted by Gasteiger charge is -1.88. The van der Waals surface area contributed by atoms with E-state index in [1.807, 2.05) is 6.07 Å². The normalized spacial score (nSPS) is 7.55. The lowest BCUT2D eigenvalue weighted by Crippen LogP contribution is -1.75. The third kappa shape index (κ3) is 1.88. The van der Waals surface area contributed by atoms with Crippen LogP contribution in [0, 0.1) is 23.1 Å². The highest BCUT2D eigenvalue weighted by atomic mass is 14.2. The predicted octanol–water partition coefficient (Wildman–Crippen LogP) is 1.04. The van der Waals surface area contributed by atoms with Crippen LogP contribution in [0.3, 0.4) is 0 Å². The Hall–Kier alpha value is -1.67. The van der Waals surface area contributed by atoms with E-state index in [-0.39, 0.29) is 0 Å². The predicted molar refractivity (Wildman–Crippen MR) is 43.8 cm³/mol. The van der Waals surface area contributed by atoms with Crippen molar-refractivity contribution in [2.45, 2.75) is 0 Å². The van der Waals surface area contributed by atoms with Gasteiger partial charge in [0.05, 0.1) is 11.6 Å². The first-order valence-electron chi connectivity index (χ1n) is 3.08. The molecule has 0 saturated carbocycles. The molecule has 0 aromatic heterocycles. The van der Waals surface area contributed by atoms with Gasteiger partial charge in [-0.25, -0.2) is 0 Å². The van der Waals surface area contributed by atoms with E-state index in [0.717, 1.165) is 5.56 Å². The summed E-state index contributed by atoms with van der Waals surface area (Å²) in [7, 11) is 5.00. The van der Waals surface area contributed by atoms with Crippen LogP contribution in [0.15, 0.2) is 24.3 Å². The standard InChI is InChI=1S/C9H4BN/c10-6-5-8-1-3-9(7-11)4-2-8/h1-4H. The summed E-state index contributed by atoms with van der Waals surface area (Å²) in [6.07, 6.45) is 0. The SMILES string of the molecule is [B]C#Cc1ccc(C#N)cc1. The van der Waals surface area contributed by atoms with Crippen molar-refractivity contribution < 1.29 is 0 Å². The maximum absolute atomic E-state index is 8.45. The Morgan fingerprint density at radius 3 is 2.09 bits per heavy atom. The van der Waals surface area contributed by atoms with E-state index in [1.165, 1.54) is 0 Å². The molecule has 1 aromatic rings. The second-order valence-electron chi connectivity index (χ2n) is 1.96. The van der Waals surface area contributed by atoms with Crippen molar-refractivity contribution in [3.8, 4) is 17.8 Å². The van der Waals surface area contributed by atoms with Gasteiger partial charge in [0.15, 0.2) is 7.85 Å². The summed E-state index contributed by atoms with van der Waals surface area (Å²) in [5, 5.41) is 8.45. The second-order valence-corrected chi connectivity index (χ2v) is 1.96. The van der Waals surface area contributed by atoms with Crippen LogP contribution in [0.4, 0.5) is 0 Å². The molecule has 0 saturated heterocycles. The van der Waals surface area contributed by atoms with Gasteiger partial charge in [0.1, 0.15) is 0 Å². The fraction of sp³-hybridized carbons (Fsp3) is 0. The van der Waals surface area contributed by atoms with E-state index in [9.17, 15) is 0 Å². The van der Waals surface area contributed by atoms with Crippen molar-refractivity contribution in [1.82, 2.24) is 0 Å². The minimum absolute atomic E-state index is 0.632. The number of hydrogen-bond donors (Lipinski definition) is 0. The van der Waals surface area contributed by atoms with Crippen LogP contribution >= 0.6 is 0 Å². The van der Waals surface area contributed by atoms with E-state index in [0.29, 0.717) is 5.56 Å². The summed E-state index contributed by atoms with van der Waals surface area (Å²) in [4.78, 5) is 0. The molecule has 1 rings (SSSR count). The molecule has 11 heavy (non-hydrogen) atoms. The average molecular weight is 137 g/mol. The number of nitriles is 1. The van der Waals surface area contributed by atoms with Crippen LogP contribution in [0.5, 0.6) is 0 Å². The first-order valence-corrected chi connectivity index (χ1v) is 3.08. The zero-order valence-electron chi connectivity index (χ0n) is 5.83. The minimum atomic E-state index is 0.632. The second kappa shape index (κ2) is 3.49. The fourth-order valence-corrected chi connectivity index (χ4v) is 0.711. The van der Waals surface area contributed by atoms with Gasteiger partial charge in [-0.3, -0.25) is 0 Å². The highest BCUT2D eigenvalue weighted by molar-refractivity contribution is 6.22. The fourth-order valence-electron chi connectivity index (χ4n) is 0.711. The van der Waals surface area contributed by atoms with Gasteiger partial charge < -0.3 is 0 Å². The van der Waals surface area contributed by atoms with Crippen LogP contribution < -0.4 is 0 Å². The van der Waals surface area contributed by atoms with Crippen LogP contribution in [0.2, 0.25) is 0 Å². The van der Waals surface area contributed by atoms with E-state index >= 15 is 0 Å². The largest absolute Gasteiger partial charge is 0.192 e. The molecule has 48 valence electrons. The van der Waals surface area contributed by atoms with Crippen molar-refractivity contribution in [3.05, 3.63) is 35.4 Å². The molecule has 1 aromatic carbocycles. The molecule has 1 nitrogen and oxygen atoms in total. The molecule has 2 radical (unpaired) electrons. The lowest BCUT2D eigenvalue weighted by atomic mass is 10.1. The highest BCUT2D eigenvalue weighted by Gasteiger charge is 1.87. The molecular weight excluding hydrogens is 133 g/mol. The molecule has 0 unspecified atom stereocenters. The molecule has 0 heterocycles. The van der Waals surface area contributed by atoms with Gasteiger partial charge in [0.25, 0.3) is 0 Å². The monoisotopic (exact) mass is 137 g/mol. The summed E-state index contributed by atoms with van der Waals surface area (Å²) >= 11 is 0. The maximum atomic E-state index is 8.45. The van der Waals surface area contributed by atoms with Crippen molar-refractivity contribution in [2.24, 2.45) is 0 Å². The topological polar surface area (TPSA) is 23.8 Å². The first kappa shape index (κ1) is 7.44. The molecule has 0 aliphatic carbocycles. The maximum Gasteiger partial charge on any atom is 0.188 e. The molecule has 0 bridgehead atoms.